The number of nitrogens with one attached hydrogen (secondary N) is 2. The van der Waals surface area contributed by atoms with Gasteiger partial charge in [-0.2, -0.15) is 0 Å². The van der Waals surface area contributed by atoms with Gasteiger partial charge in [0.05, 0.1) is 13.7 Å². The Hall–Kier alpha value is -2.23. The highest BCUT2D eigenvalue weighted by molar-refractivity contribution is 14.0. The van der Waals surface area contributed by atoms with Crippen molar-refractivity contribution in [2.45, 2.75) is 45.6 Å². The Balaban J connectivity index is 0.00000385. The van der Waals surface area contributed by atoms with Crippen LogP contribution < -0.4 is 25.0 Å². The first-order chi connectivity index (χ1) is 15.7. The van der Waals surface area contributed by atoms with Gasteiger partial charge in [0.15, 0.2) is 17.5 Å². The molecule has 1 saturated heterocycles. The van der Waals surface area contributed by atoms with Crippen molar-refractivity contribution in [3.63, 3.8) is 0 Å². The smallest absolute Gasteiger partial charge is 0.191 e. The van der Waals surface area contributed by atoms with Crippen molar-refractivity contribution in [2.24, 2.45) is 4.99 Å². The molecule has 3 rings (SSSR count). The maximum Gasteiger partial charge on any atom is 0.191 e. The summed E-state index contributed by atoms with van der Waals surface area (Å²) in [6, 6.07) is 10.4. The first-order valence-electron chi connectivity index (χ1n) is 11.7. The van der Waals surface area contributed by atoms with Crippen molar-refractivity contribution in [1.82, 2.24) is 15.6 Å². The molecule has 1 aromatic carbocycles. The number of hydrogen-bond donors (Lipinski definition) is 2. The van der Waals surface area contributed by atoms with Crippen LogP contribution in [-0.2, 0) is 13.0 Å². The SMILES string of the molecule is CCOc1cc(CCCNC(=NC)NCc2ccnc(N3CCCCC3)c2)ccc1OC.I. The van der Waals surface area contributed by atoms with Crippen LogP contribution in [0.5, 0.6) is 11.5 Å². The lowest BCUT2D eigenvalue weighted by Gasteiger charge is -2.28. The fourth-order valence-electron chi connectivity index (χ4n) is 3.92. The lowest BCUT2D eigenvalue weighted by Crippen LogP contribution is -2.37. The molecule has 1 aliphatic heterocycles. The van der Waals surface area contributed by atoms with Crippen LogP contribution >= 0.6 is 24.0 Å². The fourth-order valence-corrected chi connectivity index (χ4v) is 3.92. The van der Waals surface area contributed by atoms with Gasteiger partial charge in [-0.25, -0.2) is 4.98 Å². The minimum Gasteiger partial charge on any atom is -0.493 e. The molecule has 2 heterocycles. The second kappa shape index (κ2) is 14.8. The third-order valence-electron chi connectivity index (χ3n) is 5.64. The molecular weight excluding hydrogens is 529 g/mol. The van der Waals surface area contributed by atoms with E-state index in [4.69, 9.17) is 9.47 Å². The van der Waals surface area contributed by atoms with E-state index < -0.39 is 0 Å². The molecule has 0 amide bonds. The number of aromatic nitrogens is 1. The van der Waals surface area contributed by atoms with E-state index in [9.17, 15) is 0 Å². The van der Waals surface area contributed by atoms with Crippen LogP contribution in [0.1, 0.15) is 43.7 Å². The van der Waals surface area contributed by atoms with E-state index in [0.29, 0.717) is 6.61 Å². The average Bonchev–Trinajstić information content (AvgIpc) is 2.85. The zero-order valence-corrected chi connectivity index (χ0v) is 22.4. The molecule has 0 radical (unpaired) electrons. The Morgan fingerprint density at radius 2 is 1.88 bits per heavy atom. The van der Waals surface area contributed by atoms with E-state index in [0.717, 1.165) is 62.3 Å². The molecule has 1 fully saturated rings. The number of aliphatic imine (C=N–C) groups is 1. The van der Waals surface area contributed by atoms with Gasteiger partial charge in [-0.05, 0) is 74.4 Å². The van der Waals surface area contributed by atoms with Crippen LogP contribution in [0.25, 0.3) is 0 Å². The number of aryl methyl sites for hydroxylation is 1. The molecule has 0 saturated carbocycles. The van der Waals surface area contributed by atoms with Gasteiger partial charge in [-0.1, -0.05) is 6.07 Å². The van der Waals surface area contributed by atoms with Gasteiger partial charge in [0.2, 0.25) is 0 Å². The molecule has 0 atom stereocenters. The molecule has 0 spiro atoms. The Morgan fingerprint density at radius 1 is 1.06 bits per heavy atom. The van der Waals surface area contributed by atoms with Crippen molar-refractivity contribution in [3.8, 4) is 11.5 Å². The minimum atomic E-state index is 0. The summed E-state index contributed by atoms with van der Waals surface area (Å²) >= 11 is 0. The van der Waals surface area contributed by atoms with Crippen molar-refractivity contribution in [1.29, 1.82) is 0 Å². The van der Waals surface area contributed by atoms with E-state index in [-0.39, 0.29) is 24.0 Å². The predicted molar refractivity (Wildman–Crippen MR) is 146 cm³/mol. The van der Waals surface area contributed by atoms with Crippen LogP contribution in [0.4, 0.5) is 5.82 Å². The molecule has 2 N–H and O–H groups in total. The second-order valence-electron chi connectivity index (χ2n) is 7.94. The number of methoxy groups -OCH3 is 1. The quantitative estimate of drug-likeness (QED) is 0.192. The molecule has 8 heteroatoms. The van der Waals surface area contributed by atoms with Gasteiger partial charge in [-0.15, -0.1) is 24.0 Å². The fraction of sp³-hybridized carbons (Fsp3) is 0.520. The summed E-state index contributed by atoms with van der Waals surface area (Å²) in [5.41, 5.74) is 2.45. The summed E-state index contributed by atoms with van der Waals surface area (Å²) in [4.78, 5) is 11.3. The topological polar surface area (TPSA) is 71.0 Å². The molecule has 7 nitrogen and oxygen atoms in total. The molecule has 0 unspecified atom stereocenters. The van der Waals surface area contributed by atoms with Gasteiger partial charge >= 0.3 is 0 Å². The second-order valence-corrected chi connectivity index (χ2v) is 7.94. The van der Waals surface area contributed by atoms with Gasteiger partial charge in [0.1, 0.15) is 5.82 Å². The highest BCUT2D eigenvalue weighted by Crippen LogP contribution is 2.28. The van der Waals surface area contributed by atoms with Crippen molar-refractivity contribution in [3.05, 3.63) is 47.7 Å². The van der Waals surface area contributed by atoms with Gasteiger partial charge in [0.25, 0.3) is 0 Å². The summed E-state index contributed by atoms with van der Waals surface area (Å²) in [7, 11) is 3.47. The van der Waals surface area contributed by atoms with Gasteiger partial charge in [0, 0.05) is 39.4 Å². The number of anilines is 1. The molecular formula is C25H38IN5O2. The number of hydrogen-bond acceptors (Lipinski definition) is 5. The van der Waals surface area contributed by atoms with Crippen LogP contribution in [0, 0.1) is 0 Å². The van der Waals surface area contributed by atoms with E-state index >= 15 is 0 Å². The summed E-state index contributed by atoms with van der Waals surface area (Å²) in [5.74, 6) is 3.47. The van der Waals surface area contributed by atoms with E-state index in [1.54, 1.807) is 14.2 Å². The number of pyridine rings is 1. The number of nitrogens with zero attached hydrogens (tertiary/aromatic N) is 3. The zero-order valence-electron chi connectivity index (χ0n) is 20.1. The minimum absolute atomic E-state index is 0. The van der Waals surface area contributed by atoms with Gasteiger partial charge in [-0.3, -0.25) is 4.99 Å². The van der Waals surface area contributed by atoms with Gasteiger partial charge < -0.3 is 25.0 Å². The third kappa shape index (κ3) is 8.57. The standard InChI is InChI=1S/C25H37N5O2.HI/c1-4-32-23-17-20(10-11-22(23)31-3)9-8-13-28-25(26-2)29-19-21-12-14-27-24(18-21)30-15-6-5-7-16-30;/h10-12,14,17-18H,4-9,13,15-16,19H2,1-3H3,(H2,26,28,29);1H. The molecule has 33 heavy (non-hydrogen) atoms. The number of piperidine rings is 1. The zero-order chi connectivity index (χ0) is 22.6. The Labute approximate surface area is 215 Å². The van der Waals surface area contributed by atoms with Crippen LogP contribution in [0.15, 0.2) is 41.5 Å². The molecule has 2 aromatic rings. The van der Waals surface area contributed by atoms with E-state index in [1.165, 1.54) is 30.4 Å². The summed E-state index contributed by atoms with van der Waals surface area (Å²) in [6.45, 7) is 6.38. The van der Waals surface area contributed by atoms with Crippen LogP contribution in [-0.4, -0.2) is 51.3 Å². The number of guanidine groups is 1. The number of benzene rings is 1. The van der Waals surface area contributed by atoms with Crippen LogP contribution in [0.2, 0.25) is 0 Å². The molecule has 1 aromatic heterocycles. The molecule has 1 aliphatic rings. The lowest BCUT2D eigenvalue weighted by atomic mass is 10.1. The van der Waals surface area contributed by atoms with Crippen molar-refractivity contribution < 1.29 is 9.47 Å². The Kier molecular flexibility index (Phi) is 12.1. The maximum absolute atomic E-state index is 5.67. The molecule has 0 bridgehead atoms. The predicted octanol–water partition coefficient (Wildman–Crippen LogP) is 4.40. The average molecular weight is 568 g/mol. The Bertz CT molecular complexity index is 872. The number of rotatable bonds is 10. The largest absolute Gasteiger partial charge is 0.493 e. The monoisotopic (exact) mass is 567 g/mol. The number of ether oxygens (including phenoxy) is 2. The maximum atomic E-state index is 5.67. The third-order valence-corrected chi connectivity index (χ3v) is 5.64. The summed E-state index contributed by atoms with van der Waals surface area (Å²) < 4.78 is 11.0. The molecule has 182 valence electrons. The van der Waals surface area contributed by atoms with E-state index in [1.807, 2.05) is 19.2 Å². The molecule has 0 aliphatic carbocycles. The normalized spacial score (nSPS) is 13.8. The summed E-state index contributed by atoms with van der Waals surface area (Å²) in [5, 5.41) is 6.82. The lowest BCUT2D eigenvalue weighted by molar-refractivity contribution is 0.310. The van der Waals surface area contributed by atoms with Crippen molar-refractivity contribution >= 4 is 35.8 Å². The van der Waals surface area contributed by atoms with Crippen LogP contribution in [0.3, 0.4) is 0 Å². The first kappa shape index (κ1) is 27.0. The summed E-state index contributed by atoms with van der Waals surface area (Å²) in [6.07, 6.45) is 7.69. The number of halogens is 1. The highest BCUT2D eigenvalue weighted by atomic mass is 127. The van der Waals surface area contributed by atoms with Crippen molar-refractivity contribution in [2.75, 3.05) is 45.3 Å². The van der Waals surface area contributed by atoms with E-state index in [2.05, 4.69) is 49.8 Å². The Morgan fingerprint density at radius 3 is 2.61 bits per heavy atom. The highest BCUT2D eigenvalue weighted by Gasteiger charge is 2.12. The first-order valence-corrected chi connectivity index (χ1v) is 11.7.